The van der Waals surface area contributed by atoms with Crippen molar-refractivity contribution in [2.24, 2.45) is 0 Å². The zero-order chi connectivity index (χ0) is 14.5. The Kier molecular flexibility index (Phi) is 4.31. The number of hydrogen-bond acceptors (Lipinski definition) is 6. The molecule has 7 nitrogen and oxygen atoms in total. The van der Waals surface area contributed by atoms with E-state index >= 15 is 0 Å². The number of carbonyl (C=O) groups is 1. The van der Waals surface area contributed by atoms with Gasteiger partial charge in [-0.2, -0.15) is 15.0 Å². The maximum absolute atomic E-state index is 11.1. The normalized spacial score (nSPS) is 9.95. The minimum Gasteiger partial charge on any atom is -0.422 e. The highest BCUT2D eigenvalue weighted by molar-refractivity contribution is 6.28. The van der Waals surface area contributed by atoms with Crippen LogP contribution in [0.1, 0.15) is 6.92 Å². The summed E-state index contributed by atoms with van der Waals surface area (Å²) in [4.78, 5) is 22.9. The van der Waals surface area contributed by atoms with E-state index in [9.17, 15) is 4.79 Å². The number of amides is 1. The fourth-order valence-electron chi connectivity index (χ4n) is 1.44. The Balaban J connectivity index is 2.30. The SMILES string of the molecule is CNc1nc(Cl)nc(Oc2ccccc2NC(C)=O)n1. The Hall–Kier alpha value is -2.41. The molecular weight excluding hydrogens is 282 g/mol. The lowest BCUT2D eigenvalue weighted by Crippen LogP contribution is -2.07. The van der Waals surface area contributed by atoms with Gasteiger partial charge in [-0.25, -0.2) is 0 Å². The fraction of sp³-hybridized carbons (Fsp3) is 0.167. The van der Waals surface area contributed by atoms with Crippen LogP contribution >= 0.6 is 11.6 Å². The van der Waals surface area contributed by atoms with Gasteiger partial charge in [-0.05, 0) is 23.7 Å². The molecule has 0 saturated carbocycles. The lowest BCUT2D eigenvalue weighted by Gasteiger charge is -2.10. The van der Waals surface area contributed by atoms with Crippen LogP contribution in [0.25, 0.3) is 0 Å². The molecule has 1 aromatic carbocycles. The second-order valence-electron chi connectivity index (χ2n) is 3.74. The number of ether oxygens (including phenoxy) is 1. The predicted molar refractivity (Wildman–Crippen MR) is 75.2 cm³/mol. The van der Waals surface area contributed by atoms with Crippen LogP contribution in [0.4, 0.5) is 11.6 Å². The molecule has 104 valence electrons. The topological polar surface area (TPSA) is 89.0 Å². The van der Waals surface area contributed by atoms with Gasteiger partial charge < -0.3 is 15.4 Å². The molecule has 1 aromatic heterocycles. The molecule has 0 unspecified atom stereocenters. The van der Waals surface area contributed by atoms with Crippen molar-refractivity contribution in [3.63, 3.8) is 0 Å². The molecule has 1 heterocycles. The maximum atomic E-state index is 11.1. The summed E-state index contributed by atoms with van der Waals surface area (Å²) in [6, 6.07) is 6.97. The van der Waals surface area contributed by atoms with E-state index in [4.69, 9.17) is 16.3 Å². The first-order valence-corrected chi connectivity index (χ1v) is 6.10. The van der Waals surface area contributed by atoms with Gasteiger partial charge in [-0.1, -0.05) is 12.1 Å². The van der Waals surface area contributed by atoms with E-state index in [0.717, 1.165) is 0 Å². The summed E-state index contributed by atoms with van der Waals surface area (Å²) >= 11 is 5.77. The second kappa shape index (κ2) is 6.16. The highest BCUT2D eigenvalue weighted by Crippen LogP contribution is 2.28. The average molecular weight is 294 g/mol. The molecule has 2 aromatic rings. The Morgan fingerprint density at radius 2 is 2.00 bits per heavy atom. The lowest BCUT2D eigenvalue weighted by atomic mass is 10.3. The second-order valence-corrected chi connectivity index (χ2v) is 4.08. The first kappa shape index (κ1) is 14.0. The van der Waals surface area contributed by atoms with Crippen LogP contribution in [0, 0.1) is 0 Å². The van der Waals surface area contributed by atoms with E-state index in [-0.39, 0.29) is 23.1 Å². The molecule has 0 aliphatic rings. The van der Waals surface area contributed by atoms with Crippen LogP contribution in [0.5, 0.6) is 11.8 Å². The van der Waals surface area contributed by atoms with E-state index in [2.05, 4.69) is 25.6 Å². The summed E-state index contributed by atoms with van der Waals surface area (Å²) in [5, 5.41) is 5.41. The van der Waals surface area contributed by atoms with Crippen LogP contribution in [-0.4, -0.2) is 27.9 Å². The van der Waals surface area contributed by atoms with Gasteiger partial charge >= 0.3 is 6.01 Å². The number of nitrogens with one attached hydrogen (secondary N) is 2. The maximum Gasteiger partial charge on any atom is 0.328 e. The van der Waals surface area contributed by atoms with Crippen LogP contribution < -0.4 is 15.4 Å². The summed E-state index contributed by atoms with van der Waals surface area (Å²) < 4.78 is 5.53. The Morgan fingerprint density at radius 3 is 2.70 bits per heavy atom. The van der Waals surface area contributed by atoms with Crippen molar-refractivity contribution < 1.29 is 9.53 Å². The molecular formula is C12H12ClN5O2. The van der Waals surface area contributed by atoms with Gasteiger partial charge in [0.05, 0.1) is 5.69 Å². The number of para-hydroxylation sites is 2. The number of carbonyl (C=O) groups excluding carboxylic acids is 1. The van der Waals surface area contributed by atoms with Crippen molar-refractivity contribution >= 4 is 29.1 Å². The van der Waals surface area contributed by atoms with Gasteiger partial charge in [0.2, 0.25) is 17.1 Å². The van der Waals surface area contributed by atoms with Crippen molar-refractivity contribution in [1.82, 2.24) is 15.0 Å². The van der Waals surface area contributed by atoms with Crippen LogP contribution in [0.2, 0.25) is 5.28 Å². The van der Waals surface area contributed by atoms with Gasteiger partial charge in [0.1, 0.15) is 0 Å². The first-order chi connectivity index (χ1) is 9.58. The molecule has 0 saturated heterocycles. The molecule has 0 aliphatic heterocycles. The Morgan fingerprint density at radius 1 is 1.25 bits per heavy atom. The van der Waals surface area contributed by atoms with E-state index in [1.54, 1.807) is 31.3 Å². The minimum absolute atomic E-state index is 0.0105. The molecule has 2 rings (SSSR count). The number of nitrogens with zero attached hydrogens (tertiary/aromatic N) is 3. The summed E-state index contributed by atoms with van der Waals surface area (Å²) in [7, 11) is 1.65. The zero-order valence-corrected chi connectivity index (χ0v) is 11.6. The van der Waals surface area contributed by atoms with Gasteiger partial charge in [0, 0.05) is 14.0 Å². The van der Waals surface area contributed by atoms with Gasteiger partial charge in [-0.15, -0.1) is 0 Å². The molecule has 8 heteroatoms. The van der Waals surface area contributed by atoms with Crippen molar-refractivity contribution in [1.29, 1.82) is 0 Å². The third-order valence-electron chi connectivity index (χ3n) is 2.21. The molecule has 0 fully saturated rings. The quantitative estimate of drug-likeness (QED) is 0.899. The molecule has 0 atom stereocenters. The summed E-state index contributed by atoms with van der Waals surface area (Å²) in [5.74, 6) is 0.495. The number of benzene rings is 1. The Bertz CT molecular complexity index is 635. The largest absolute Gasteiger partial charge is 0.422 e. The lowest BCUT2D eigenvalue weighted by molar-refractivity contribution is -0.114. The van der Waals surface area contributed by atoms with Crippen LogP contribution in [0.3, 0.4) is 0 Å². The summed E-state index contributed by atoms with van der Waals surface area (Å²) in [6.07, 6.45) is 0. The zero-order valence-electron chi connectivity index (χ0n) is 10.8. The molecule has 1 amide bonds. The number of hydrogen-bond donors (Lipinski definition) is 2. The van der Waals surface area contributed by atoms with Crippen LogP contribution in [0.15, 0.2) is 24.3 Å². The molecule has 0 aliphatic carbocycles. The molecule has 2 N–H and O–H groups in total. The van der Waals surface area contributed by atoms with Crippen molar-refractivity contribution in [3.8, 4) is 11.8 Å². The number of aromatic nitrogens is 3. The molecule has 0 spiro atoms. The smallest absolute Gasteiger partial charge is 0.328 e. The van der Waals surface area contributed by atoms with Gasteiger partial charge in [0.15, 0.2) is 5.75 Å². The summed E-state index contributed by atoms with van der Waals surface area (Å²) in [6.45, 7) is 1.41. The minimum atomic E-state index is -0.203. The van der Waals surface area contributed by atoms with Crippen LogP contribution in [-0.2, 0) is 4.79 Å². The van der Waals surface area contributed by atoms with E-state index in [1.807, 2.05) is 0 Å². The van der Waals surface area contributed by atoms with Crippen molar-refractivity contribution in [2.45, 2.75) is 6.92 Å². The third-order valence-corrected chi connectivity index (χ3v) is 2.38. The first-order valence-electron chi connectivity index (χ1n) is 5.72. The van der Waals surface area contributed by atoms with E-state index in [1.165, 1.54) is 6.92 Å². The monoisotopic (exact) mass is 293 g/mol. The van der Waals surface area contributed by atoms with E-state index < -0.39 is 0 Å². The van der Waals surface area contributed by atoms with Gasteiger partial charge in [-0.3, -0.25) is 4.79 Å². The highest BCUT2D eigenvalue weighted by Gasteiger charge is 2.10. The predicted octanol–water partition coefficient (Wildman–Crippen LogP) is 2.32. The average Bonchev–Trinajstić information content (AvgIpc) is 2.39. The number of rotatable bonds is 4. The van der Waals surface area contributed by atoms with E-state index in [0.29, 0.717) is 11.4 Å². The molecule has 0 bridgehead atoms. The number of halogens is 1. The molecule has 0 radical (unpaired) electrons. The Labute approximate surface area is 120 Å². The van der Waals surface area contributed by atoms with Crippen molar-refractivity contribution in [2.75, 3.05) is 17.7 Å². The standard InChI is InChI=1S/C12H12ClN5O2/c1-7(19)15-8-5-3-4-6-9(8)20-12-17-10(13)16-11(14-2)18-12/h3-6H,1-2H3,(H,15,19)(H,14,16,17,18). The third kappa shape index (κ3) is 3.55. The number of anilines is 2. The van der Waals surface area contributed by atoms with Crippen molar-refractivity contribution in [3.05, 3.63) is 29.5 Å². The summed E-state index contributed by atoms with van der Waals surface area (Å²) in [5.41, 5.74) is 0.516. The highest BCUT2D eigenvalue weighted by atomic mass is 35.5. The molecule has 20 heavy (non-hydrogen) atoms. The fourth-order valence-corrected chi connectivity index (χ4v) is 1.59. The van der Waals surface area contributed by atoms with Gasteiger partial charge in [0.25, 0.3) is 0 Å².